The molecule has 98 valence electrons. The highest BCUT2D eigenvalue weighted by molar-refractivity contribution is 5.89. The van der Waals surface area contributed by atoms with E-state index >= 15 is 0 Å². The molecule has 0 saturated carbocycles. The van der Waals surface area contributed by atoms with Gasteiger partial charge in [0.2, 0.25) is 0 Å². The normalized spacial score (nSPS) is 10.8. The molecule has 0 aliphatic carbocycles. The quantitative estimate of drug-likeness (QED) is 0.753. The minimum atomic E-state index is 0.148. The van der Waals surface area contributed by atoms with Gasteiger partial charge < -0.3 is 9.84 Å². The molecule has 1 rings (SSSR count). The van der Waals surface area contributed by atoms with Crippen molar-refractivity contribution in [3.05, 3.63) is 35.9 Å². The lowest BCUT2D eigenvalue weighted by molar-refractivity contribution is -0.114. The van der Waals surface area contributed by atoms with Gasteiger partial charge >= 0.3 is 0 Å². The number of benzene rings is 1. The monoisotopic (exact) mass is 248 g/mol. The van der Waals surface area contributed by atoms with E-state index in [0.29, 0.717) is 12.2 Å². The number of hydrogen-bond acceptors (Lipinski definition) is 3. The molecule has 0 amide bonds. The van der Waals surface area contributed by atoms with E-state index < -0.39 is 0 Å². The fraction of sp³-hybridized carbons (Fsp3) is 0.400. The van der Waals surface area contributed by atoms with Crippen molar-refractivity contribution in [3.8, 4) is 11.5 Å². The van der Waals surface area contributed by atoms with E-state index in [9.17, 15) is 9.90 Å². The summed E-state index contributed by atoms with van der Waals surface area (Å²) < 4.78 is 5.04. The van der Waals surface area contributed by atoms with Crippen LogP contribution in [0.4, 0.5) is 0 Å². The molecule has 0 aromatic heterocycles. The zero-order chi connectivity index (χ0) is 13.4. The van der Waals surface area contributed by atoms with Gasteiger partial charge in [-0.05, 0) is 43.0 Å². The molecule has 0 bridgehead atoms. The second-order valence-corrected chi connectivity index (χ2v) is 4.16. The fourth-order valence-electron chi connectivity index (χ4n) is 1.67. The maximum Gasteiger partial charge on any atom is 0.160 e. The molecule has 0 spiro atoms. The Balaban J connectivity index is 2.46. The van der Waals surface area contributed by atoms with Crippen LogP contribution in [0.3, 0.4) is 0 Å². The van der Waals surface area contributed by atoms with Crippen molar-refractivity contribution < 1.29 is 14.6 Å². The second kappa shape index (κ2) is 7.54. The van der Waals surface area contributed by atoms with Crippen LogP contribution in [-0.2, 0) is 11.2 Å². The Bertz CT molecular complexity index is 422. The van der Waals surface area contributed by atoms with Crippen LogP contribution in [0.15, 0.2) is 30.4 Å². The van der Waals surface area contributed by atoms with Crippen molar-refractivity contribution in [3.63, 3.8) is 0 Å². The Morgan fingerprint density at radius 1 is 1.44 bits per heavy atom. The van der Waals surface area contributed by atoms with Gasteiger partial charge in [0.15, 0.2) is 17.3 Å². The van der Waals surface area contributed by atoms with Gasteiger partial charge in [0.1, 0.15) is 0 Å². The van der Waals surface area contributed by atoms with Gasteiger partial charge in [0.05, 0.1) is 7.11 Å². The highest BCUT2D eigenvalue weighted by Crippen LogP contribution is 2.26. The Hall–Kier alpha value is -1.77. The van der Waals surface area contributed by atoms with Gasteiger partial charge in [-0.1, -0.05) is 19.1 Å². The number of hydrogen-bond donors (Lipinski definition) is 1. The Labute approximate surface area is 108 Å². The van der Waals surface area contributed by atoms with Gasteiger partial charge in [-0.25, -0.2) is 0 Å². The van der Waals surface area contributed by atoms with Crippen molar-refractivity contribution in [2.24, 2.45) is 0 Å². The summed E-state index contributed by atoms with van der Waals surface area (Å²) in [5.74, 6) is 0.814. The van der Waals surface area contributed by atoms with Crippen molar-refractivity contribution >= 4 is 5.78 Å². The maximum atomic E-state index is 11.3. The van der Waals surface area contributed by atoms with E-state index in [-0.39, 0.29) is 11.5 Å². The first-order valence-electron chi connectivity index (χ1n) is 6.22. The molecule has 0 radical (unpaired) electrons. The van der Waals surface area contributed by atoms with Crippen LogP contribution >= 0.6 is 0 Å². The number of ether oxygens (including phenoxy) is 1. The molecule has 3 nitrogen and oxygen atoms in total. The second-order valence-electron chi connectivity index (χ2n) is 4.16. The summed E-state index contributed by atoms with van der Waals surface area (Å²) in [6.45, 7) is 1.99. The van der Waals surface area contributed by atoms with Crippen LogP contribution in [-0.4, -0.2) is 18.0 Å². The molecule has 0 unspecified atom stereocenters. The average Bonchev–Trinajstić information content (AvgIpc) is 2.37. The summed E-state index contributed by atoms with van der Waals surface area (Å²) in [5, 5.41) is 9.45. The molecular formula is C15H20O3. The highest BCUT2D eigenvalue weighted by Gasteiger charge is 2.01. The van der Waals surface area contributed by atoms with Crippen LogP contribution in [0, 0.1) is 0 Å². The van der Waals surface area contributed by atoms with Gasteiger partial charge in [-0.3, -0.25) is 4.79 Å². The molecule has 1 aromatic rings. The van der Waals surface area contributed by atoms with Crippen molar-refractivity contribution in [1.29, 1.82) is 0 Å². The van der Waals surface area contributed by atoms with E-state index in [1.165, 1.54) is 7.11 Å². The van der Waals surface area contributed by atoms with E-state index in [4.69, 9.17) is 4.74 Å². The molecule has 0 aliphatic heterocycles. The number of carbonyl (C=O) groups is 1. The number of phenolic OH excluding ortho intramolecular Hbond substituents is 1. The predicted molar refractivity (Wildman–Crippen MR) is 72.0 cm³/mol. The Morgan fingerprint density at radius 2 is 2.22 bits per heavy atom. The topological polar surface area (TPSA) is 46.5 Å². The third kappa shape index (κ3) is 4.62. The van der Waals surface area contributed by atoms with Crippen LogP contribution in [0.1, 0.15) is 31.7 Å². The zero-order valence-corrected chi connectivity index (χ0v) is 11.0. The third-order valence-electron chi connectivity index (χ3n) is 2.64. The molecular weight excluding hydrogens is 228 g/mol. The van der Waals surface area contributed by atoms with Gasteiger partial charge in [-0.15, -0.1) is 0 Å². The van der Waals surface area contributed by atoms with Crippen molar-refractivity contribution in [2.75, 3.05) is 7.11 Å². The highest BCUT2D eigenvalue weighted by atomic mass is 16.5. The van der Waals surface area contributed by atoms with Crippen molar-refractivity contribution in [2.45, 2.75) is 32.6 Å². The summed E-state index contributed by atoms with van der Waals surface area (Å²) in [4.78, 5) is 11.3. The molecule has 0 aliphatic rings. The number of aromatic hydroxyl groups is 1. The summed E-state index contributed by atoms with van der Waals surface area (Å²) in [5.41, 5.74) is 1.08. The smallest absolute Gasteiger partial charge is 0.160 e. The number of aryl methyl sites for hydroxylation is 1. The van der Waals surface area contributed by atoms with Crippen LogP contribution in [0.25, 0.3) is 0 Å². The van der Waals surface area contributed by atoms with Gasteiger partial charge in [0, 0.05) is 6.42 Å². The maximum absolute atomic E-state index is 11.3. The summed E-state index contributed by atoms with van der Waals surface area (Å²) in [7, 11) is 1.53. The zero-order valence-electron chi connectivity index (χ0n) is 11.0. The first kappa shape index (κ1) is 14.3. The minimum Gasteiger partial charge on any atom is -0.504 e. The molecule has 1 N–H and O–H groups in total. The summed E-state index contributed by atoms with van der Waals surface area (Å²) in [6, 6.07) is 5.30. The van der Waals surface area contributed by atoms with E-state index in [2.05, 4.69) is 0 Å². The molecule has 18 heavy (non-hydrogen) atoms. The number of ketones is 1. The standard InChI is InChI=1S/C15H20O3/c1-3-6-13(16)8-5-4-7-12-9-10-14(17)15(11-12)18-2/h5,8-11,17H,3-4,6-7H2,1-2H3. The van der Waals surface area contributed by atoms with E-state index in [0.717, 1.165) is 24.8 Å². The van der Waals surface area contributed by atoms with E-state index in [1.54, 1.807) is 12.1 Å². The number of methoxy groups -OCH3 is 1. The van der Waals surface area contributed by atoms with Crippen molar-refractivity contribution in [1.82, 2.24) is 0 Å². The first-order valence-corrected chi connectivity index (χ1v) is 6.22. The van der Waals surface area contributed by atoms with E-state index in [1.807, 2.05) is 25.1 Å². The largest absolute Gasteiger partial charge is 0.504 e. The lowest BCUT2D eigenvalue weighted by Gasteiger charge is -2.05. The number of phenols is 1. The summed E-state index contributed by atoms with van der Waals surface area (Å²) in [6.07, 6.45) is 6.69. The number of rotatable bonds is 7. The van der Waals surface area contributed by atoms with Crippen LogP contribution in [0.2, 0.25) is 0 Å². The first-order chi connectivity index (χ1) is 8.67. The Kier molecular flexibility index (Phi) is 5.98. The van der Waals surface area contributed by atoms with Gasteiger partial charge in [-0.2, -0.15) is 0 Å². The molecule has 0 atom stereocenters. The molecule has 0 saturated heterocycles. The third-order valence-corrected chi connectivity index (χ3v) is 2.64. The average molecular weight is 248 g/mol. The van der Waals surface area contributed by atoms with Crippen LogP contribution in [0.5, 0.6) is 11.5 Å². The lowest BCUT2D eigenvalue weighted by atomic mass is 10.1. The molecule has 0 heterocycles. The number of carbonyl (C=O) groups excluding carboxylic acids is 1. The number of allylic oxidation sites excluding steroid dienone is 2. The van der Waals surface area contributed by atoms with Crippen LogP contribution < -0.4 is 4.74 Å². The summed E-state index contributed by atoms with van der Waals surface area (Å²) >= 11 is 0. The fourth-order valence-corrected chi connectivity index (χ4v) is 1.67. The minimum absolute atomic E-state index is 0.148. The molecule has 3 heteroatoms. The predicted octanol–water partition coefficient (Wildman–Crippen LogP) is 3.26. The SMILES string of the molecule is CCCC(=O)C=CCCc1ccc(O)c(OC)c1. The molecule has 1 aromatic carbocycles. The lowest BCUT2D eigenvalue weighted by Crippen LogP contribution is -1.91. The van der Waals surface area contributed by atoms with Gasteiger partial charge in [0.25, 0.3) is 0 Å². The molecule has 0 fully saturated rings. The Morgan fingerprint density at radius 3 is 2.89 bits per heavy atom.